The first-order chi connectivity index (χ1) is 11.2. The van der Waals surface area contributed by atoms with Gasteiger partial charge >= 0.3 is 5.97 Å². The molecule has 2 nitrogen and oxygen atoms in total. The van der Waals surface area contributed by atoms with Gasteiger partial charge < -0.3 is 4.74 Å². The van der Waals surface area contributed by atoms with Crippen LogP contribution >= 0.6 is 0 Å². The van der Waals surface area contributed by atoms with E-state index in [0.717, 1.165) is 23.1 Å². The second-order valence-electron chi connectivity index (χ2n) is 5.80. The Morgan fingerprint density at radius 2 is 1.83 bits per heavy atom. The summed E-state index contributed by atoms with van der Waals surface area (Å²) in [6, 6.07) is 10.1. The monoisotopic (exact) mass is 314 g/mol. The summed E-state index contributed by atoms with van der Waals surface area (Å²) in [5.74, 6) is -0.204. The number of esters is 1. The van der Waals surface area contributed by atoms with Crippen LogP contribution < -0.4 is 0 Å². The Kier molecular flexibility index (Phi) is 9.78. The predicted molar refractivity (Wildman–Crippen MR) is 97.4 cm³/mol. The summed E-state index contributed by atoms with van der Waals surface area (Å²) >= 11 is 0. The number of benzene rings is 1. The van der Waals surface area contributed by atoms with Crippen LogP contribution in [0.2, 0.25) is 0 Å². The zero-order valence-corrected chi connectivity index (χ0v) is 14.8. The average Bonchev–Trinajstić information content (AvgIpc) is 2.56. The minimum atomic E-state index is -0.204. The fourth-order valence-corrected chi connectivity index (χ4v) is 2.44. The summed E-state index contributed by atoms with van der Waals surface area (Å²) in [5.41, 5.74) is 2.89. The van der Waals surface area contributed by atoms with Gasteiger partial charge in [0.25, 0.3) is 0 Å². The lowest BCUT2D eigenvalue weighted by Gasteiger charge is -2.10. The van der Waals surface area contributed by atoms with E-state index < -0.39 is 0 Å². The predicted octanol–water partition coefficient (Wildman–Crippen LogP) is 5.64. The number of allylic oxidation sites excluding steroid dienone is 3. The number of hydrogen-bond donors (Lipinski definition) is 0. The van der Waals surface area contributed by atoms with Crippen LogP contribution in [0.5, 0.6) is 0 Å². The van der Waals surface area contributed by atoms with Crippen molar-refractivity contribution in [2.45, 2.75) is 59.3 Å². The molecule has 0 bridgehead atoms. The molecule has 0 N–H and O–H groups in total. The number of hydrogen-bond acceptors (Lipinski definition) is 2. The SMILES string of the molecule is CCCCCC/C=C/C(C)=C(\Cc1ccccc1)C(=O)OCC. The molecular weight excluding hydrogens is 284 g/mol. The summed E-state index contributed by atoms with van der Waals surface area (Å²) in [5, 5.41) is 0. The van der Waals surface area contributed by atoms with Crippen molar-refractivity contribution < 1.29 is 9.53 Å². The second-order valence-corrected chi connectivity index (χ2v) is 5.80. The van der Waals surface area contributed by atoms with Gasteiger partial charge in [-0.1, -0.05) is 68.7 Å². The molecule has 1 aromatic rings. The maximum atomic E-state index is 12.2. The minimum Gasteiger partial charge on any atom is -0.463 e. The molecule has 0 atom stereocenters. The number of carbonyl (C=O) groups is 1. The molecule has 0 amide bonds. The summed E-state index contributed by atoms with van der Waals surface area (Å²) in [6.45, 7) is 6.47. The molecule has 0 aromatic heterocycles. The van der Waals surface area contributed by atoms with E-state index in [4.69, 9.17) is 4.74 Å². The Labute approximate surface area is 141 Å². The highest BCUT2D eigenvalue weighted by molar-refractivity contribution is 5.90. The van der Waals surface area contributed by atoms with Crippen molar-refractivity contribution in [3.8, 4) is 0 Å². The van der Waals surface area contributed by atoms with Gasteiger partial charge in [-0.25, -0.2) is 4.79 Å². The second kappa shape index (κ2) is 11.7. The van der Waals surface area contributed by atoms with E-state index in [1.165, 1.54) is 25.7 Å². The lowest BCUT2D eigenvalue weighted by Crippen LogP contribution is -2.11. The van der Waals surface area contributed by atoms with Gasteiger partial charge in [-0.3, -0.25) is 0 Å². The largest absolute Gasteiger partial charge is 0.463 e. The molecule has 0 radical (unpaired) electrons. The van der Waals surface area contributed by atoms with E-state index in [2.05, 4.69) is 19.1 Å². The van der Waals surface area contributed by atoms with Crippen molar-refractivity contribution in [3.63, 3.8) is 0 Å². The standard InChI is InChI=1S/C21H30O2/c1-4-6-7-8-9-11-14-18(3)20(21(22)23-5-2)17-19-15-12-10-13-16-19/h10-16H,4-9,17H2,1-3H3/b14-11+,20-18+. The van der Waals surface area contributed by atoms with Crippen molar-refractivity contribution >= 4 is 5.97 Å². The molecule has 2 heteroatoms. The van der Waals surface area contributed by atoms with Crippen molar-refractivity contribution in [1.82, 2.24) is 0 Å². The Balaban J connectivity index is 2.75. The zero-order chi connectivity index (χ0) is 16.9. The Hall–Kier alpha value is -1.83. The normalized spacial score (nSPS) is 12.3. The molecule has 0 spiro atoms. The van der Waals surface area contributed by atoms with E-state index in [0.29, 0.717) is 13.0 Å². The molecule has 126 valence electrons. The first-order valence-corrected chi connectivity index (χ1v) is 8.76. The van der Waals surface area contributed by atoms with E-state index >= 15 is 0 Å². The van der Waals surface area contributed by atoms with Gasteiger partial charge in [0.15, 0.2) is 0 Å². The topological polar surface area (TPSA) is 26.3 Å². The first kappa shape index (κ1) is 19.2. The molecule has 0 aliphatic carbocycles. The fourth-order valence-electron chi connectivity index (χ4n) is 2.44. The highest BCUT2D eigenvalue weighted by Gasteiger charge is 2.13. The maximum absolute atomic E-state index is 12.2. The minimum absolute atomic E-state index is 0.204. The van der Waals surface area contributed by atoms with Crippen LogP contribution in [0.1, 0.15) is 58.4 Å². The van der Waals surface area contributed by atoms with Crippen LogP contribution in [0, 0.1) is 0 Å². The van der Waals surface area contributed by atoms with Crippen LogP contribution in [0.4, 0.5) is 0 Å². The molecular formula is C21H30O2. The van der Waals surface area contributed by atoms with Gasteiger partial charge in [-0.15, -0.1) is 0 Å². The summed E-state index contributed by atoms with van der Waals surface area (Å²) in [6.07, 6.45) is 11.0. The van der Waals surface area contributed by atoms with Crippen LogP contribution in [0.25, 0.3) is 0 Å². The van der Waals surface area contributed by atoms with E-state index in [-0.39, 0.29) is 5.97 Å². The number of unbranched alkanes of at least 4 members (excludes halogenated alkanes) is 4. The quantitative estimate of drug-likeness (QED) is 0.242. The van der Waals surface area contributed by atoms with Crippen molar-refractivity contribution in [2.24, 2.45) is 0 Å². The molecule has 0 aliphatic heterocycles. The average molecular weight is 314 g/mol. The number of ether oxygens (including phenoxy) is 1. The third kappa shape index (κ3) is 7.83. The van der Waals surface area contributed by atoms with Crippen molar-refractivity contribution in [1.29, 1.82) is 0 Å². The third-order valence-corrected chi connectivity index (χ3v) is 3.81. The fraction of sp³-hybridized carbons (Fsp3) is 0.476. The van der Waals surface area contributed by atoms with Crippen LogP contribution in [0.3, 0.4) is 0 Å². The lowest BCUT2D eigenvalue weighted by atomic mass is 10.00. The van der Waals surface area contributed by atoms with Gasteiger partial charge in [0.2, 0.25) is 0 Å². The summed E-state index contributed by atoms with van der Waals surface area (Å²) < 4.78 is 5.23. The summed E-state index contributed by atoms with van der Waals surface area (Å²) in [7, 11) is 0. The van der Waals surface area contributed by atoms with Crippen molar-refractivity contribution in [2.75, 3.05) is 6.61 Å². The number of carbonyl (C=O) groups excluding carboxylic acids is 1. The molecule has 0 unspecified atom stereocenters. The zero-order valence-electron chi connectivity index (χ0n) is 14.8. The smallest absolute Gasteiger partial charge is 0.334 e. The van der Waals surface area contributed by atoms with Gasteiger partial charge in [0.1, 0.15) is 0 Å². The third-order valence-electron chi connectivity index (χ3n) is 3.81. The molecule has 23 heavy (non-hydrogen) atoms. The molecule has 0 fully saturated rings. The van der Waals surface area contributed by atoms with Crippen LogP contribution in [-0.2, 0) is 16.0 Å². The Morgan fingerprint density at radius 3 is 2.48 bits per heavy atom. The van der Waals surface area contributed by atoms with E-state index in [1.807, 2.05) is 44.2 Å². The first-order valence-electron chi connectivity index (χ1n) is 8.76. The summed E-state index contributed by atoms with van der Waals surface area (Å²) in [4.78, 5) is 12.2. The Bertz CT molecular complexity index is 512. The maximum Gasteiger partial charge on any atom is 0.334 e. The van der Waals surface area contributed by atoms with Gasteiger partial charge in [0.05, 0.1) is 6.61 Å². The molecule has 1 rings (SSSR count). The highest BCUT2D eigenvalue weighted by atomic mass is 16.5. The molecule has 0 saturated carbocycles. The Morgan fingerprint density at radius 1 is 1.09 bits per heavy atom. The van der Waals surface area contributed by atoms with E-state index in [9.17, 15) is 4.79 Å². The number of rotatable bonds is 10. The van der Waals surface area contributed by atoms with Gasteiger partial charge in [-0.2, -0.15) is 0 Å². The van der Waals surface area contributed by atoms with E-state index in [1.54, 1.807) is 0 Å². The highest BCUT2D eigenvalue weighted by Crippen LogP contribution is 2.16. The molecule has 0 aliphatic rings. The van der Waals surface area contributed by atoms with Crippen molar-refractivity contribution in [3.05, 3.63) is 59.2 Å². The van der Waals surface area contributed by atoms with Gasteiger partial charge in [-0.05, 0) is 37.8 Å². The van der Waals surface area contributed by atoms with Gasteiger partial charge in [0, 0.05) is 12.0 Å². The molecule has 1 aromatic carbocycles. The molecule has 0 heterocycles. The van der Waals surface area contributed by atoms with Crippen LogP contribution in [0.15, 0.2) is 53.6 Å². The molecule has 0 saturated heterocycles. The lowest BCUT2D eigenvalue weighted by molar-refractivity contribution is -0.138. The van der Waals surface area contributed by atoms with Crippen LogP contribution in [-0.4, -0.2) is 12.6 Å².